The highest BCUT2D eigenvalue weighted by Crippen LogP contribution is 2.28. The van der Waals surface area contributed by atoms with E-state index in [1.54, 1.807) is 24.1 Å². The normalized spacial score (nSPS) is 14.0. The predicted molar refractivity (Wildman–Crippen MR) is 128 cm³/mol. The molecule has 1 atom stereocenters. The largest absolute Gasteiger partial charge is 0.497 e. The molecular formula is C26H30N4O4. The SMILES string of the molecule is CCC(NC(=O)c1ccn(-c2ccc(OC)cc2)n1)c1ccccc1OCC(=O)N1CCCC1. The Labute approximate surface area is 199 Å². The second kappa shape index (κ2) is 10.9. The average Bonchev–Trinajstić information content (AvgIpc) is 3.59. The lowest BCUT2D eigenvalue weighted by Gasteiger charge is -2.21. The van der Waals surface area contributed by atoms with E-state index in [4.69, 9.17) is 9.47 Å². The van der Waals surface area contributed by atoms with Gasteiger partial charge < -0.3 is 19.7 Å². The number of nitrogens with one attached hydrogen (secondary N) is 1. The molecule has 2 aromatic carbocycles. The van der Waals surface area contributed by atoms with Crippen molar-refractivity contribution in [1.82, 2.24) is 20.0 Å². The molecule has 178 valence electrons. The van der Waals surface area contributed by atoms with Crippen molar-refractivity contribution in [2.75, 3.05) is 26.8 Å². The Hall–Kier alpha value is -3.81. The van der Waals surface area contributed by atoms with Crippen LogP contribution in [-0.4, -0.2) is 53.3 Å². The Bertz CT molecular complexity index is 1120. The smallest absolute Gasteiger partial charge is 0.272 e. The molecule has 34 heavy (non-hydrogen) atoms. The van der Waals surface area contributed by atoms with Crippen LogP contribution in [0.25, 0.3) is 5.69 Å². The molecule has 0 saturated carbocycles. The number of carbonyl (C=O) groups is 2. The van der Waals surface area contributed by atoms with Crippen LogP contribution in [0.1, 0.15) is 48.3 Å². The highest BCUT2D eigenvalue weighted by Gasteiger charge is 2.22. The number of hydrogen-bond acceptors (Lipinski definition) is 5. The summed E-state index contributed by atoms with van der Waals surface area (Å²) in [5, 5.41) is 7.48. The first-order chi connectivity index (χ1) is 16.6. The highest BCUT2D eigenvalue weighted by molar-refractivity contribution is 5.92. The average molecular weight is 463 g/mol. The standard InChI is InChI=1S/C26H30N4O4/c1-3-22(21-8-4-5-9-24(21)34-18-25(31)29-15-6-7-16-29)27-26(32)23-14-17-30(28-23)19-10-12-20(33-2)13-11-19/h4-5,8-14,17,22H,3,6-7,15-16,18H2,1-2H3,(H,27,32). The zero-order valence-electron chi connectivity index (χ0n) is 19.6. The molecule has 2 amide bonds. The van der Waals surface area contributed by atoms with Crippen LogP contribution in [0.15, 0.2) is 60.8 Å². The van der Waals surface area contributed by atoms with Gasteiger partial charge in [0.05, 0.1) is 18.8 Å². The Balaban J connectivity index is 1.43. The van der Waals surface area contributed by atoms with Gasteiger partial charge in [0.2, 0.25) is 0 Å². The molecule has 0 spiro atoms. The number of ether oxygens (including phenoxy) is 2. The fourth-order valence-corrected chi connectivity index (χ4v) is 4.05. The van der Waals surface area contributed by atoms with Gasteiger partial charge in [-0.1, -0.05) is 25.1 Å². The van der Waals surface area contributed by atoms with Gasteiger partial charge >= 0.3 is 0 Å². The summed E-state index contributed by atoms with van der Waals surface area (Å²) < 4.78 is 12.7. The number of benzene rings is 2. The van der Waals surface area contributed by atoms with E-state index >= 15 is 0 Å². The van der Waals surface area contributed by atoms with Gasteiger partial charge in [0.1, 0.15) is 11.5 Å². The summed E-state index contributed by atoms with van der Waals surface area (Å²) in [7, 11) is 1.62. The Kier molecular flexibility index (Phi) is 7.47. The van der Waals surface area contributed by atoms with Crippen molar-refractivity contribution in [3.8, 4) is 17.2 Å². The number of nitrogens with zero attached hydrogens (tertiary/aromatic N) is 3. The first-order valence-electron chi connectivity index (χ1n) is 11.6. The monoisotopic (exact) mass is 462 g/mol. The molecule has 0 bridgehead atoms. The maximum atomic E-state index is 13.0. The van der Waals surface area contributed by atoms with Crippen LogP contribution >= 0.6 is 0 Å². The second-order valence-corrected chi connectivity index (χ2v) is 8.19. The molecule has 1 aliphatic rings. The van der Waals surface area contributed by atoms with Gasteiger partial charge in [-0.3, -0.25) is 9.59 Å². The van der Waals surface area contributed by atoms with Gasteiger partial charge in [-0.05, 0) is 55.7 Å². The van der Waals surface area contributed by atoms with Crippen LogP contribution in [0, 0.1) is 0 Å². The second-order valence-electron chi connectivity index (χ2n) is 8.19. The van der Waals surface area contributed by atoms with E-state index in [0.717, 1.165) is 42.9 Å². The third-order valence-electron chi connectivity index (χ3n) is 5.98. The quantitative estimate of drug-likeness (QED) is 0.523. The number of amides is 2. The molecule has 1 aromatic heterocycles. The molecule has 0 aliphatic carbocycles. The first kappa shape index (κ1) is 23.4. The van der Waals surface area contributed by atoms with E-state index in [1.807, 2.05) is 60.4 Å². The van der Waals surface area contributed by atoms with Gasteiger partial charge in [0, 0.05) is 24.8 Å². The summed E-state index contributed by atoms with van der Waals surface area (Å²) in [6.45, 7) is 3.57. The molecule has 3 aromatic rings. The van der Waals surface area contributed by atoms with E-state index in [9.17, 15) is 9.59 Å². The molecular weight excluding hydrogens is 432 g/mol. The fourth-order valence-electron chi connectivity index (χ4n) is 4.05. The lowest BCUT2D eigenvalue weighted by atomic mass is 10.0. The molecule has 8 nitrogen and oxygen atoms in total. The molecule has 2 heterocycles. The van der Waals surface area contributed by atoms with Crippen LogP contribution in [0.2, 0.25) is 0 Å². The van der Waals surface area contributed by atoms with Crippen molar-refractivity contribution >= 4 is 11.8 Å². The Morgan fingerprint density at radius 3 is 2.50 bits per heavy atom. The van der Waals surface area contributed by atoms with E-state index < -0.39 is 0 Å². The van der Waals surface area contributed by atoms with Crippen LogP contribution in [0.5, 0.6) is 11.5 Å². The van der Waals surface area contributed by atoms with Crippen molar-refractivity contribution in [3.05, 3.63) is 72.1 Å². The van der Waals surface area contributed by atoms with Crippen LogP contribution in [0.4, 0.5) is 0 Å². The fraction of sp³-hybridized carbons (Fsp3) is 0.346. The van der Waals surface area contributed by atoms with Crippen LogP contribution in [-0.2, 0) is 4.79 Å². The first-order valence-corrected chi connectivity index (χ1v) is 11.6. The van der Waals surface area contributed by atoms with E-state index in [-0.39, 0.29) is 24.5 Å². The van der Waals surface area contributed by atoms with Gasteiger partial charge in [0.15, 0.2) is 12.3 Å². The maximum Gasteiger partial charge on any atom is 0.272 e. The number of carbonyl (C=O) groups excluding carboxylic acids is 2. The minimum absolute atomic E-state index is 0.00606. The summed E-state index contributed by atoms with van der Waals surface area (Å²) in [6.07, 6.45) is 4.49. The summed E-state index contributed by atoms with van der Waals surface area (Å²) in [5.41, 5.74) is 1.98. The van der Waals surface area contributed by atoms with Crippen molar-refractivity contribution in [1.29, 1.82) is 0 Å². The van der Waals surface area contributed by atoms with Crippen molar-refractivity contribution in [3.63, 3.8) is 0 Å². The number of para-hydroxylation sites is 1. The number of hydrogen-bond donors (Lipinski definition) is 1. The van der Waals surface area contributed by atoms with Gasteiger partial charge in [-0.25, -0.2) is 4.68 Å². The number of rotatable bonds is 9. The van der Waals surface area contributed by atoms with E-state index in [1.165, 1.54) is 0 Å². The lowest BCUT2D eigenvalue weighted by Crippen LogP contribution is -2.33. The molecule has 1 fully saturated rings. The van der Waals surface area contributed by atoms with Crippen molar-refractivity contribution in [2.24, 2.45) is 0 Å². The molecule has 1 N–H and O–H groups in total. The molecule has 8 heteroatoms. The van der Waals surface area contributed by atoms with Crippen molar-refractivity contribution in [2.45, 2.75) is 32.2 Å². The topological polar surface area (TPSA) is 85.7 Å². The molecule has 1 saturated heterocycles. The molecule has 4 rings (SSSR count). The highest BCUT2D eigenvalue weighted by atomic mass is 16.5. The molecule has 1 aliphatic heterocycles. The Morgan fingerprint density at radius 1 is 1.06 bits per heavy atom. The maximum absolute atomic E-state index is 13.0. The zero-order chi connectivity index (χ0) is 23.9. The predicted octanol–water partition coefficient (Wildman–Crippen LogP) is 3.76. The zero-order valence-corrected chi connectivity index (χ0v) is 19.6. The van der Waals surface area contributed by atoms with Crippen LogP contribution in [0.3, 0.4) is 0 Å². The van der Waals surface area contributed by atoms with Gasteiger partial charge in [-0.2, -0.15) is 5.10 Å². The summed E-state index contributed by atoms with van der Waals surface area (Å²) in [5.74, 6) is 1.07. The Morgan fingerprint density at radius 2 is 1.79 bits per heavy atom. The third kappa shape index (κ3) is 5.39. The number of likely N-dealkylation sites (tertiary alicyclic amines) is 1. The van der Waals surface area contributed by atoms with Gasteiger partial charge in [-0.15, -0.1) is 0 Å². The van der Waals surface area contributed by atoms with E-state index in [2.05, 4.69) is 10.4 Å². The number of aromatic nitrogens is 2. The van der Waals surface area contributed by atoms with Gasteiger partial charge in [0.25, 0.3) is 11.8 Å². The minimum atomic E-state index is -0.281. The summed E-state index contributed by atoms with van der Waals surface area (Å²) >= 11 is 0. The summed E-state index contributed by atoms with van der Waals surface area (Å²) in [4.78, 5) is 27.2. The minimum Gasteiger partial charge on any atom is -0.497 e. The molecule has 0 radical (unpaired) electrons. The third-order valence-corrected chi connectivity index (χ3v) is 5.98. The number of methoxy groups -OCH3 is 1. The van der Waals surface area contributed by atoms with E-state index in [0.29, 0.717) is 17.9 Å². The van der Waals surface area contributed by atoms with Crippen molar-refractivity contribution < 1.29 is 19.1 Å². The molecule has 1 unspecified atom stereocenters. The summed E-state index contributed by atoms with van der Waals surface area (Å²) in [6, 6.07) is 16.4. The van der Waals surface area contributed by atoms with Crippen LogP contribution < -0.4 is 14.8 Å². The lowest BCUT2D eigenvalue weighted by molar-refractivity contribution is -0.132.